The Labute approximate surface area is 206 Å². The summed E-state index contributed by atoms with van der Waals surface area (Å²) in [7, 11) is 0. The molecule has 0 spiro atoms. The summed E-state index contributed by atoms with van der Waals surface area (Å²) in [5, 5.41) is 0. The van der Waals surface area contributed by atoms with Crippen LogP contribution >= 0.6 is 15.9 Å². The van der Waals surface area contributed by atoms with E-state index >= 15 is 0 Å². The van der Waals surface area contributed by atoms with Gasteiger partial charge < -0.3 is 4.90 Å². The maximum atomic E-state index is 13.3. The lowest BCUT2D eigenvalue weighted by Crippen LogP contribution is -2.42. The van der Waals surface area contributed by atoms with Crippen LogP contribution in [0.4, 0.5) is 26.3 Å². The molecule has 1 amide bonds. The van der Waals surface area contributed by atoms with Gasteiger partial charge in [-0.3, -0.25) is 4.79 Å². The highest BCUT2D eigenvalue weighted by Crippen LogP contribution is 2.41. The molecule has 0 N–H and O–H groups in total. The molecule has 2 atom stereocenters. The van der Waals surface area contributed by atoms with Crippen LogP contribution in [-0.4, -0.2) is 23.9 Å². The average molecular weight is 556 g/mol. The van der Waals surface area contributed by atoms with Crippen LogP contribution < -0.4 is 0 Å². The zero-order valence-electron chi connectivity index (χ0n) is 18.2. The Morgan fingerprint density at radius 1 is 0.771 bits per heavy atom. The fourth-order valence-electron chi connectivity index (χ4n) is 4.57. The Kier molecular flexibility index (Phi) is 6.99. The first kappa shape index (κ1) is 25.3. The molecule has 35 heavy (non-hydrogen) atoms. The van der Waals surface area contributed by atoms with E-state index in [1.165, 1.54) is 4.90 Å². The van der Waals surface area contributed by atoms with Crippen LogP contribution in [-0.2, 0) is 12.4 Å². The van der Waals surface area contributed by atoms with Crippen LogP contribution in [0.2, 0.25) is 0 Å². The monoisotopic (exact) mass is 555 g/mol. The van der Waals surface area contributed by atoms with Crippen molar-refractivity contribution in [2.75, 3.05) is 13.1 Å². The molecule has 0 radical (unpaired) electrons. The number of nitrogens with zero attached hydrogens (tertiary/aromatic N) is 1. The molecule has 3 aromatic rings. The molecule has 1 aliphatic rings. The van der Waals surface area contributed by atoms with Gasteiger partial charge in [0.2, 0.25) is 0 Å². The van der Waals surface area contributed by atoms with Gasteiger partial charge in [0, 0.05) is 29.0 Å². The summed E-state index contributed by atoms with van der Waals surface area (Å²) >= 11 is 3.47. The fraction of sp³-hybridized carbons (Fsp3) is 0.269. The topological polar surface area (TPSA) is 20.3 Å². The van der Waals surface area contributed by atoms with Gasteiger partial charge in [0.1, 0.15) is 0 Å². The first-order valence-corrected chi connectivity index (χ1v) is 11.6. The normalized spacial score (nSPS) is 19.0. The highest BCUT2D eigenvalue weighted by Gasteiger charge is 2.39. The number of rotatable bonds is 3. The van der Waals surface area contributed by atoms with Crippen LogP contribution in [0.25, 0.3) is 0 Å². The largest absolute Gasteiger partial charge is 0.416 e. The maximum Gasteiger partial charge on any atom is 0.416 e. The van der Waals surface area contributed by atoms with Gasteiger partial charge in [0.25, 0.3) is 5.91 Å². The number of hydrogen-bond donors (Lipinski definition) is 0. The van der Waals surface area contributed by atoms with Crippen molar-refractivity contribution in [1.29, 1.82) is 0 Å². The predicted octanol–water partition coefficient (Wildman–Crippen LogP) is 7.90. The molecule has 9 heteroatoms. The zero-order chi connectivity index (χ0) is 25.4. The van der Waals surface area contributed by atoms with E-state index in [4.69, 9.17) is 0 Å². The molecule has 1 fully saturated rings. The molecular formula is C26H20BrF6NO. The molecule has 184 valence electrons. The molecule has 2 nitrogen and oxygen atoms in total. The van der Waals surface area contributed by atoms with Crippen LogP contribution in [0, 0.1) is 0 Å². The standard InChI is InChI=1S/C26H20BrF6NO/c27-21-8-4-7-17(13-21)22-9-10-34(15-23(22)16-5-2-1-3-6-16)24(35)18-11-19(25(28,29)30)14-20(12-18)26(31,32)33/h1-8,11-14,22-23H,9-10,15H2/t22-,23+/m0/s1. The van der Waals surface area contributed by atoms with Crippen molar-refractivity contribution in [2.24, 2.45) is 0 Å². The zero-order valence-corrected chi connectivity index (χ0v) is 19.8. The summed E-state index contributed by atoms with van der Waals surface area (Å²) in [5.41, 5.74) is -1.65. The van der Waals surface area contributed by atoms with E-state index in [0.29, 0.717) is 18.6 Å². The Morgan fingerprint density at radius 3 is 1.94 bits per heavy atom. The van der Waals surface area contributed by atoms with Gasteiger partial charge in [-0.15, -0.1) is 0 Å². The van der Waals surface area contributed by atoms with Gasteiger partial charge in [0.15, 0.2) is 0 Å². The van der Waals surface area contributed by atoms with E-state index in [-0.39, 0.29) is 31.0 Å². The molecule has 0 aliphatic carbocycles. The van der Waals surface area contributed by atoms with Crippen molar-refractivity contribution >= 4 is 21.8 Å². The van der Waals surface area contributed by atoms with Gasteiger partial charge >= 0.3 is 12.4 Å². The number of carbonyl (C=O) groups is 1. The molecule has 0 saturated carbocycles. The Bertz CT molecular complexity index is 1180. The van der Waals surface area contributed by atoms with Crippen molar-refractivity contribution in [3.05, 3.63) is 105 Å². The molecule has 0 aromatic heterocycles. The van der Waals surface area contributed by atoms with Crippen molar-refractivity contribution in [2.45, 2.75) is 30.6 Å². The molecule has 3 aromatic carbocycles. The third-order valence-electron chi connectivity index (χ3n) is 6.24. The molecule has 4 rings (SSSR count). The molecule has 0 unspecified atom stereocenters. The first-order valence-electron chi connectivity index (χ1n) is 10.8. The first-order chi connectivity index (χ1) is 16.4. The van der Waals surface area contributed by atoms with Crippen LogP contribution in [0.1, 0.15) is 50.9 Å². The SMILES string of the molecule is O=C(c1cc(C(F)(F)F)cc(C(F)(F)F)c1)N1CC[C@@H](c2cccc(Br)c2)[C@@H](c2ccccc2)C1. The van der Waals surface area contributed by atoms with Crippen molar-refractivity contribution in [3.63, 3.8) is 0 Å². The summed E-state index contributed by atoms with van der Waals surface area (Å²) in [6.07, 6.45) is -9.53. The van der Waals surface area contributed by atoms with Crippen LogP contribution in [0.15, 0.2) is 77.3 Å². The summed E-state index contributed by atoms with van der Waals surface area (Å²) in [6.45, 7) is 0.370. The quantitative estimate of drug-likeness (QED) is 0.301. The number of carbonyl (C=O) groups excluding carboxylic acids is 1. The number of benzene rings is 3. The van der Waals surface area contributed by atoms with E-state index < -0.39 is 35.0 Å². The Hall–Kier alpha value is -2.81. The van der Waals surface area contributed by atoms with Gasteiger partial charge in [-0.05, 0) is 53.8 Å². The van der Waals surface area contributed by atoms with E-state index in [0.717, 1.165) is 15.6 Å². The van der Waals surface area contributed by atoms with Gasteiger partial charge in [0.05, 0.1) is 11.1 Å². The van der Waals surface area contributed by atoms with E-state index in [2.05, 4.69) is 15.9 Å². The van der Waals surface area contributed by atoms with Crippen molar-refractivity contribution < 1.29 is 31.1 Å². The highest BCUT2D eigenvalue weighted by atomic mass is 79.9. The average Bonchev–Trinajstić information content (AvgIpc) is 2.82. The summed E-state index contributed by atoms with van der Waals surface area (Å²) < 4.78 is 80.7. The minimum atomic E-state index is -5.02. The van der Waals surface area contributed by atoms with Gasteiger partial charge in [-0.25, -0.2) is 0 Å². The highest BCUT2D eigenvalue weighted by molar-refractivity contribution is 9.10. The Morgan fingerprint density at radius 2 is 1.37 bits per heavy atom. The molecule has 0 bridgehead atoms. The van der Waals surface area contributed by atoms with Gasteiger partial charge in [-0.1, -0.05) is 58.4 Å². The number of amides is 1. The molecular weight excluding hydrogens is 536 g/mol. The second kappa shape index (κ2) is 9.68. The van der Waals surface area contributed by atoms with Gasteiger partial charge in [-0.2, -0.15) is 26.3 Å². The third kappa shape index (κ3) is 5.72. The second-order valence-electron chi connectivity index (χ2n) is 8.51. The Balaban J connectivity index is 1.69. The minimum Gasteiger partial charge on any atom is -0.338 e. The van der Waals surface area contributed by atoms with Crippen molar-refractivity contribution in [3.8, 4) is 0 Å². The van der Waals surface area contributed by atoms with E-state index in [9.17, 15) is 31.1 Å². The van der Waals surface area contributed by atoms with E-state index in [1.54, 1.807) is 0 Å². The lowest BCUT2D eigenvalue weighted by Gasteiger charge is -2.39. The molecule has 1 heterocycles. The number of hydrogen-bond acceptors (Lipinski definition) is 1. The predicted molar refractivity (Wildman–Crippen MR) is 123 cm³/mol. The summed E-state index contributed by atoms with van der Waals surface area (Å²) in [4.78, 5) is 14.6. The van der Waals surface area contributed by atoms with Crippen molar-refractivity contribution in [1.82, 2.24) is 4.90 Å². The minimum absolute atomic E-state index is 0.0196. The molecule has 1 saturated heterocycles. The second-order valence-corrected chi connectivity index (χ2v) is 9.43. The summed E-state index contributed by atoms with van der Waals surface area (Å²) in [5.74, 6) is -1.02. The smallest absolute Gasteiger partial charge is 0.338 e. The number of likely N-dealkylation sites (tertiary alicyclic amines) is 1. The lowest BCUT2D eigenvalue weighted by molar-refractivity contribution is -0.143. The third-order valence-corrected chi connectivity index (χ3v) is 6.73. The number of piperidine rings is 1. The van der Waals surface area contributed by atoms with E-state index in [1.807, 2.05) is 54.6 Å². The molecule has 1 aliphatic heterocycles. The fourth-order valence-corrected chi connectivity index (χ4v) is 4.99. The number of alkyl halides is 6. The number of halogens is 7. The van der Waals surface area contributed by atoms with Crippen LogP contribution in [0.3, 0.4) is 0 Å². The lowest BCUT2D eigenvalue weighted by atomic mass is 9.76. The maximum absolute atomic E-state index is 13.3. The van der Waals surface area contributed by atoms with Crippen LogP contribution in [0.5, 0.6) is 0 Å². The summed E-state index contributed by atoms with van der Waals surface area (Å²) in [6, 6.07) is 18.2.